The van der Waals surface area contributed by atoms with E-state index in [0.717, 1.165) is 32.5 Å². The topological polar surface area (TPSA) is 114 Å². The first-order valence-electron chi connectivity index (χ1n) is 9.76. The van der Waals surface area contributed by atoms with Crippen molar-refractivity contribution in [1.29, 1.82) is 10.8 Å². The lowest BCUT2D eigenvalue weighted by Crippen LogP contribution is -2.27. The number of aryl methyl sites for hydroxylation is 2. The summed E-state index contributed by atoms with van der Waals surface area (Å²) in [5, 5.41) is 30.7. The second kappa shape index (κ2) is 7.89. The van der Waals surface area contributed by atoms with Crippen LogP contribution in [0.2, 0.25) is 0 Å². The lowest BCUT2D eigenvalue weighted by molar-refractivity contribution is 0.767. The molecule has 0 aliphatic rings. The number of hydrogen-bond donors (Lipinski definition) is 2. The van der Waals surface area contributed by atoms with Crippen LogP contribution in [-0.2, 0) is 14.1 Å². The highest BCUT2D eigenvalue weighted by molar-refractivity contribution is 8.13. The molecule has 0 radical (unpaired) electrons. The molecular formula is C22H19N9S. The molecule has 4 heterocycles. The quantitative estimate of drug-likeness (QED) is 0.253. The Morgan fingerprint density at radius 2 is 1.62 bits per heavy atom. The molecular weight excluding hydrogens is 422 g/mol. The molecule has 0 aliphatic carbocycles. The van der Waals surface area contributed by atoms with E-state index in [1.807, 2.05) is 57.1 Å². The molecule has 158 valence electrons. The van der Waals surface area contributed by atoms with Crippen LogP contribution >= 0.6 is 11.8 Å². The molecule has 4 aromatic heterocycles. The Hall–Kier alpha value is -4.05. The number of fused-ring (bicyclic) bond motifs is 1. The largest absolute Gasteiger partial charge is 0.283 e. The third kappa shape index (κ3) is 3.83. The van der Waals surface area contributed by atoms with Gasteiger partial charge in [-0.25, -0.2) is 0 Å². The smallest absolute Gasteiger partial charge is 0.188 e. The Bertz CT molecular complexity index is 1530. The van der Waals surface area contributed by atoms with Crippen LogP contribution < -0.4 is 5.49 Å². The molecule has 32 heavy (non-hydrogen) atoms. The highest BCUT2D eigenvalue weighted by Gasteiger charge is 2.10. The minimum Gasteiger partial charge on any atom is -0.283 e. The van der Waals surface area contributed by atoms with Crippen molar-refractivity contribution >= 4 is 27.8 Å². The fourth-order valence-corrected chi connectivity index (χ4v) is 4.11. The summed E-state index contributed by atoms with van der Waals surface area (Å²) in [5.41, 5.74) is 4.48. The molecule has 0 fully saturated rings. The molecule has 0 amide bonds. The van der Waals surface area contributed by atoms with E-state index in [0.29, 0.717) is 5.69 Å². The monoisotopic (exact) mass is 441 g/mol. The molecule has 0 spiro atoms. The van der Waals surface area contributed by atoms with E-state index in [4.69, 9.17) is 10.8 Å². The van der Waals surface area contributed by atoms with Gasteiger partial charge < -0.3 is 0 Å². The van der Waals surface area contributed by atoms with Crippen molar-refractivity contribution in [2.45, 2.75) is 4.90 Å². The van der Waals surface area contributed by atoms with E-state index in [2.05, 4.69) is 26.3 Å². The van der Waals surface area contributed by atoms with Crippen molar-refractivity contribution in [2.24, 2.45) is 14.1 Å². The van der Waals surface area contributed by atoms with E-state index in [1.54, 1.807) is 27.7 Å². The number of benzene rings is 1. The summed E-state index contributed by atoms with van der Waals surface area (Å²) in [6.07, 6.45) is 9.16. The average Bonchev–Trinajstić information content (AvgIpc) is 3.42. The minimum absolute atomic E-state index is 0.136. The van der Waals surface area contributed by atoms with E-state index < -0.39 is 0 Å². The Balaban J connectivity index is 1.45. The maximum Gasteiger partial charge on any atom is 0.188 e. The van der Waals surface area contributed by atoms with Gasteiger partial charge in [-0.15, -0.1) is 0 Å². The predicted octanol–water partition coefficient (Wildman–Crippen LogP) is 3.29. The average molecular weight is 442 g/mol. The number of rotatable bonds is 3. The Kier molecular flexibility index (Phi) is 4.91. The van der Waals surface area contributed by atoms with Crippen molar-refractivity contribution in [3.8, 4) is 22.4 Å². The predicted molar refractivity (Wildman–Crippen MR) is 123 cm³/mol. The van der Waals surface area contributed by atoms with E-state index in [1.165, 1.54) is 16.4 Å². The van der Waals surface area contributed by atoms with Gasteiger partial charge in [-0.3, -0.25) is 25.2 Å². The van der Waals surface area contributed by atoms with Gasteiger partial charge in [-0.1, -0.05) is 11.8 Å². The molecule has 0 saturated heterocycles. The highest BCUT2D eigenvalue weighted by atomic mass is 32.2. The molecule has 5 rings (SSSR count). The number of aromatic nitrogens is 7. The zero-order valence-electron chi connectivity index (χ0n) is 17.4. The van der Waals surface area contributed by atoms with Crippen LogP contribution in [0.25, 0.3) is 33.3 Å². The SMILES string of the molecule is Cn1cc(-c2cnc3ccc(SC(=N)n4nc(-c5cnn(C)c5)ccc4=N)cc3c2)cn1. The van der Waals surface area contributed by atoms with Gasteiger partial charge in [-0.05, 0) is 36.4 Å². The summed E-state index contributed by atoms with van der Waals surface area (Å²) < 4.78 is 4.77. The molecule has 1 aromatic carbocycles. The maximum absolute atomic E-state index is 8.56. The van der Waals surface area contributed by atoms with Crippen molar-refractivity contribution < 1.29 is 0 Å². The standard InChI is InChI=1S/C22H19N9S/c1-29-12-16(10-26-29)15-7-14-8-18(3-4-19(14)25-9-15)32-22(24)31-21(23)6-5-20(28-31)17-11-27-30(2)13-17/h3-13,23-24H,1-2H3. The van der Waals surface area contributed by atoms with Crippen LogP contribution in [0, 0.1) is 10.8 Å². The van der Waals surface area contributed by atoms with Gasteiger partial charge >= 0.3 is 0 Å². The van der Waals surface area contributed by atoms with Gasteiger partial charge in [0.1, 0.15) is 5.49 Å². The highest BCUT2D eigenvalue weighted by Crippen LogP contribution is 2.27. The molecule has 0 unspecified atom stereocenters. The fraction of sp³-hybridized carbons (Fsp3) is 0.0909. The second-order valence-corrected chi connectivity index (χ2v) is 8.37. The Labute approximate surface area is 187 Å². The number of nitrogens with one attached hydrogen (secondary N) is 2. The fourth-order valence-electron chi connectivity index (χ4n) is 3.34. The van der Waals surface area contributed by atoms with E-state index >= 15 is 0 Å². The van der Waals surface area contributed by atoms with Crippen molar-refractivity contribution in [1.82, 2.24) is 34.3 Å². The molecule has 0 saturated carbocycles. The summed E-state index contributed by atoms with van der Waals surface area (Å²) in [7, 11) is 3.72. The maximum atomic E-state index is 8.56. The van der Waals surface area contributed by atoms with Crippen LogP contribution in [-0.4, -0.2) is 39.5 Å². The van der Waals surface area contributed by atoms with E-state index in [9.17, 15) is 0 Å². The van der Waals surface area contributed by atoms with Gasteiger partial charge in [0.15, 0.2) is 5.17 Å². The second-order valence-electron chi connectivity index (χ2n) is 7.31. The first-order valence-corrected chi connectivity index (χ1v) is 10.6. The van der Waals surface area contributed by atoms with Gasteiger partial charge in [0, 0.05) is 59.7 Å². The molecule has 0 atom stereocenters. The van der Waals surface area contributed by atoms with Crippen molar-refractivity contribution in [3.05, 3.63) is 72.9 Å². The van der Waals surface area contributed by atoms with Crippen LogP contribution in [0.1, 0.15) is 0 Å². The normalized spacial score (nSPS) is 11.2. The third-order valence-corrected chi connectivity index (χ3v) is 5.79. The van der Waals surface area contributed by atoms with Crippen molar-refractivity contribution in [3.63, 3.8) is 0 Å². The minimum atomic E-state index is 0.136. The number of pyridine rings is 1. The van der Waals surface area contributed by atoms with Crippen LogP contribution in [0.4, 0.5) is 0 Å². The third-order valence-electron chi connectivity index (χ3n) is 4.93. The van der Waals surface area contributed by atoms with Crippen molar-refractivity contribution in [2.75, 3.05) is 0 Å². The molecule has 2 N–H and O–H groups in total. The first-order chi connectivity index (χ1) is 15.5. The lowest BCUT2D eigenvalue weighted by atomic mass is 10.1. The molecule has 9 nitrogen and oxygen atoms in total. The summed E-state index contributed by atoms with van der Waals surface area (Å²) in [6, 6.07) is 11.3. The summed E-state index contributed by atoms with van der Waals surface area (Å²) in [4.78, 5) is 5.42. The summed E-state index contributed by atoms with van der Waals surface area (Å²) >= 11 is 1.24. The van der Waals surface area contributed by atoms with Gasteiger partial charge in [0.25, 0.3) is 0 Å². The zero-order chi connectivity index (χ0) is 22.2. The molecule has 5 aromatic rings. The Morgan fingerprint density at radius 1 is 0.875 bits per heavy atom. The summed E-state index contributed by atoms with van der Waals surface area (Å²) in [6.45, 7) is 0. The summed E-state index contributed by atoms with van der Waals surface area (Å²) in [5.74, 6) is 0. The van der Waals surface area contributed by atoms with Gasteiger partial charge in [0.2, 0.25) is 0 Å². The first kappa shape index (κ1) is 19.9. The number of thioether (sulfide) groups is 1. The van der Waals surface area contributed by atoms with Gasteiger partial charge in [0.05, 0.1) is 23.6 Å². The molecule has 0 bridgehead atoms. The zero-order valence-corrected chi connectivity index (χ0v) is 18.2. The number of nitrogens with zero attached hydrogens (tertiary/aromatic N) is 7. The van der Waals surface area contributed by atoms with Crippen LogP contribution in [0.3, 0.4) is 0 Å². The molecule has 10 heteroatoms. The number of hydrogen-bond acceptors (Lipinski definition) is 7. The van der Waals surface area contributed by atoms with Gasteiger partial charge in [-0.2, -0.15) is 20.0 Å². The Morgan fingerprint density at radius 3 is 2.34 bits per heavy atom. The van der Waals surface area contributed by atoms with Crippen LogP contribution in [0.15, 0.2) is 72.3 Å². The lowest BCUT2D eigenvalue weighted by Gasteiger charge is -2.09. The molecule has 0 aliphatic heterocycles. The van der Waals surface area contributed by atoms with E-state index in [-0.39, 0.29) is 10.7 Å². The van der Waals surface area contributed by atoms with Crippen LogP contribution in [0.5, 0.6) is 0 Å².